The molecular formula is C26H25NO5. The summed E-state index contributed by atoms with van der Waals surface area (Å²) in [5.74, 6) is 2.87. The third kappa shape index (κ3) is 4.17. The molecule has 1 aliphatic rings. The van der Waals surface area contributed by atoms with Crippen molar-refractivity contribution in [2.24, 2.45) is 0 Å². The van der Waals surface area contributed by atoms with Crippen LogP contribution in [0, 0.1) is 17.0 Å². The first-order chi connectivity index (χ1) is 15.5. The third-order valence-electron chi connectivity index (χ3n) is 5.71. The molecule has 3 aromatic rings. The highest BCUT2D eigenvalue weighted by Crippen LogP contribution is 2.42. The largest absolute Gasteiger partial charge is 0.496 e. The lowest BCUT2D eigenvalue weighted by atomic mass is 10.0. The molecule has 0 aliphatic heterocycles. The number of hydrogen-bond acceptors (Lipinski definition) is 5. The van der Waals surface area contributed by atoms with Crippen LogP contribution in [0.3, 0.4) is 0 Å². The van der Waals surface area contributed by atoms with Gasteiger partial charge in [0.1, 0.15) is 23.0 Å². The first kappa shape index (κ1) is 21.4. The highest BCUT2D eigenvalue weighted by molar-refractivity contribution is 5.75. The average molecular weight is 431 g/mol. The van der Waals surface area contributed by atoms with Crippen molar-refractivity contribution >= 4 is 17.8 Å². The van der Waals surface area contributed by atoms with Crippen molar-refractivity contribution in [3.63, 3.8) is 0 Å². The summed E-state index contributed by atoms with van der Waals surface area (Å²) in [6, 6.07) is 15.0. The van der Waals surface area contributed by atoms with E-state index in [0.29, 0.717) is 23.7 Å². The van der Waals surface area contributed by atoms with Crippen LogP contribution < -0.4 is 14.2 Å². The number of rotatable bonds is 7. The second-order valence-corrected chi connectivity index (χ2v) is 7.69. The van der Waals surface area contributed by atoms with Crippen molar-refractivity contribution in [3.05, 3.63) is 86.5 Å². The van der Waals surface area contributed by atoms with Gasteiger partial charge in [-0.3, -0.25) is 10.1 Å². The van der Waals surface area contributed by atoms with Gasteiger partial charge in [-0.2, -0.15) is 0 Å². The van der Waals surface area contributed by atoms with Crippen molar-refractivity contribution in [1.82, 2.24) is 0 Å². The highest BCUT2D eigenvalue weighted by atomic mass is 16.6. The Morgan fingerprint density at radius 3 is 2.34 bits per heavy atom. The average Bonchev–Trinajstić information content (AvgIpc) is 3.29. The number of nitrogens with zero attached hydrogens (tertiary/aromatic N) is 1. The summed E-state index contributed by atoms with van der Waals surface area (Å²) < 4.78 is 17.2. The molecule has 4 rings (SSSR count). The van der Waals surface area contributed by atoms with Crippen LogP contribution >= 0.6 is 0 Å². The highest BCUT2D eigenvalue weighted by Gasteiger charge is 2.27. The van der Waals surface area contributed by atoms with Gasteiger partial charge in [0, 0.05) is 28.3 Å². The van der Waals surface area contributed by atoms with Crippen molar-refractivity contribution in [2.75, 3.05) is 14.2 Å². The van der Waals surface area contributed by atoms with Crippen LogP contribution in [0.1, 0.15) is 34.2 Å². The number of para-hydroxylation sites is 1. The number of nitro groups is 1. The molecule has 0 heterocycles. The van der Waals surface area contributed by atoms with Crippen LogP contribution in [0.4, 0.5) is 5.69 Å². The Hall–Kier alpha value is -3.80. The summed E-state index contributed by atoms with van der Waals surface area (Å²) >= 11 is 0. The van der Waals surface area contributed by atoms with E-state index in [-0.39, 0.29) is 10.6 Å². The molecule has 0 N–H and O–H groups in total. The molecule has 6 heteroatoms. The Morgan fingerprint density at radius 2 is 1.59 bits per heavy atom. The van der Waals surface area contributed by atoms with Gasteiger partial charge in [-0.05, 0) is 56.0 Å². The summed E-state index contributed by atoms with van der Waals surface area (Å²) in [4.78, 5) is 11.2. The van der Waals surface area contributed by atoms with E-state index in [1.54, 1.807) is 20.3 Å². The maximum absolute atomic E-state index is 11.5. The molecule has 3 aromatic carbocycles. The van der Waals surface area contributed by atoms with Gasteiger partial charge in [-0.15, -0.1) is 0 Å². The number of nitro benzene ring substituents is 1. The van der Waals surface area contributed by atoms with E-state index in [1.165, 1.54) is 0 Å². The SMILES string of the molecule is COc1ccccc1/C=C/c1cc(Oc2c(C)cc([N+](=O)[O-])c3c2CCC3)ccc1OC. The fraction of sp³-hybridized carbons (Fsp3) is 0.231. The molecule has 0 aromatic heterocycles. The van der Waals surface area contributed by atoms with E-state index in [9.17, 15) is 10.1 Å². The normalized spacial score (nSPS) is 12.6. The van der Waals surface area contributed by atoms with E-state index >= 15 is 0 Å². The molecule has 0 amide bonds. The van der Waals surface area contributed by atoms with Gasteiger partial charge in [0.2, 0.25) is 0 Å². The predicted molar refractivity (Wildman–Crippen MR) is 125 cm³/mol. The van der Waals surface area contributed by atoms with Crippen LogP contribution in [-0.2, 0) is 12.8 Å². The Balaban J connectivity index is 1.69. The zero-order valence-electron chi connectivity index (χ0n) is 18.4. The minimum Gasteiger partial charge on any atom is -0.496 e. The molecule has 0 bridgehead atoms. The monoisotopic (exact) mass is 431 g/mol. The van der Waals surface area contributed by atoms with E-state index in [2.05, 4.69) is 0 Å². The van der Waals surface area contributed by atoms with Gasteiger partial charge < -0.3 is 14.2 Å². The number of aryl methyl sites for hydroxylation is 1. The summed E-state index contributed by atoms with van der Waals surface area (Å²) in [5, 5.41) is 11.5. The molecule has 0 saturated heterocycles. The fourth-order valence-electron chi connectivity index (χ4n) is 4.19. The van der Waals surface area contributed by atoms with E-state index in [4.69, 9.17) is 14.2 Å². The third-order valence-corrected chi connectivity index (χ3v) is 5.71. The van der Waals surface area contributed by atoms with Crippen molar-refractivity contribution in [3.8, 4) is 23.0 Å². The molecular weight excluding hydrogens is 406 g/mol. The summed E-state index contributed by atoms with van der Waals surface area (Å²) in [6.07, 6.45) is 6.30. The molecule has 0 spiro atoms. The van der Waals surface area contributed by atoms with E-state index in [1.807, 2.05) is 61.5 Å². The summed E-state index contributed by atoms with van der Waals surface area (Å²) in [5.41, 5.74) is 4.50. The molecule has 0 unspecified atom stereocenters. The second kappa shape index (κ2) is 9.14. The van der Waals surface area contributed by atoms with Crippen LogP contribution in [0.15, 0.2) is 48.5 Å². The van der Waals surface area contributed by atoms with E-state index in [0.717, 1.165) is 46.4 Å². The predicted octanol–water partition coefficient (Wildman–Crippen LogP) is 6.37. The Morgan fingerprint density at radius 1 is 0.906 bits per heavy atom. The fourth-order valence-corrected chi connectivity index (χ4v) is 4.19. The minimum atomic E-state index is -0.297. The minimum absolute atomic E-state index is 0.192. The molecule has 1 aliphatic carbocycles. The Kier molecular flexibility index (Phi) is 6.12. The van der Waals surface area contributed by atoms with Crippen molar-refractivity contribution in [1.29, 1.82) is 0 Å². The van der Waals surface area contributed by atoms with Gasteiger partial charge >= 0.3 is 0 Å². The molecule has 0 fully saturated rings. The van der Waals surface area contributed by atoms with Crippen LogP contribution in [0.25, 0.3) is 12.2 Å². The van der Waals surface area contributed by atoms with Crippen LogP contribution in [0.2, 0.25) is 0 Å². The molecule has 32 heavy (non-hydrogen) atoms. The molecule has 0 saturated carbocycles. The van der Waals surface area contributed by atoms with Gasteiger partial charge in [-0.1, -0.05) is 30.4 Å². The number of hydrogen-bond donors (Lipinski definition) is 0. The van der Waals surface area contributed by atoms with Gasteiger partial charge in [0.15, 0.2) is 0 Å². The maximum atomic E-state index is 11.5. The lowest BCUT2D eigenvalue weighted by Gasteiger charge is -2.15. The molecule has 164 valence electrons. The Labute approximate surface area is 187 Å². The number of fused-ring (bicyclic) bond motifs is 1. The van der Waals surface area contributed by atoms with Crippen molar-refractivity contribution < 1.29 is 19.1 Å². The zero-order valence-corrected chi connectivity index (χ0v) is 18.4. The zero-order chi connectivity index (χ0) is 22.7. The topological polar surface area (TPSA) is 70.8 Å². The number of ether oxygens (including phenoxy) is 3. The lowest BCUT2D eigenvalue weighted by Crippen LogP contribution is -2.00. The van der Waals surface area contributed by atoms with Gasteiger partial charge in [-0.25, -0.2) is 0 Å². The standard InChI is InChI=1S/C26H25NO5/c1-17-15-23(27(28)29)21-8-6-9-22(21)26(17)32-20-13-14-25(31-3)19(16-20)12-11-18-7-4-5-10-24(18)30-2/h4-5,7,10-16H,6,8-9H2,1-3H3/b12-11+. The maximum Gasteiger partial charge on any atom is 0.273 e. The first-order valence-corrected chi connectivity index (χ1v) is 10.5. The Bertz CT molecular complexity index is 1200. The number of methoxy groups -OCH3 is 2. The molecule has 6 nitrogen and oxygen atoms in total. The van der Waals surface area contributed by atoms with Gasteiger partial charge in [0.25, 0.3) is 5.69 Å². The molecule has 0 radical (unpaired) electrons. The summed E-state index contributed by atoms with van der Waals surface area (Å²) in [7, 11) is 3.27. The van der Waals surface area contributed by atoms with Crippen LogP contribution in [0.5, 0.6) is 23.0 Å². The summed E-state index contributed by atoms with van der Waals surface area (Å²) in [6.45, 7) is 1.85. The van der Waals surface area contributed by atoms with Gasteiger partial charge in [0.05, 0.1) is 19.1 Å². The number of benzene rings is 3. The second-order valence-electron chi connectivity index (χ2n) is 7.69. The molecule has 0 atom stereocenters. The quantitative estimate of drug-likeness (QED) is 0.247. The first-order valence-electron chi connectivity index (χ1n) is 10.5. The van der Waals surface area contributed by atoms with Crippen LogP contribution in [-0.4, -0.2) is 19.1 Å². The van der Waals surface area contributed by atoms with Crippen molar-refractivity contribution in [2.45, 2.75) is 26.2 Å². The van der Waals surface area contributed by atoms with E-state index < -0.39 is 0 Å². The smallest absolute Gasteiger partial charge is 0.273 e. The lowest BCUT2D eigenvalue weighted by molar-refractivity contribution is -0.385.